The molecule has 0 bridgehead atoms. The number of carboxylic acids is 1. The van der Waals surface area contributed by atoms with Crippen molar-refractivity contribution < 1.29 is 9.90 Å². The predicted octanol–water partition coefficient (Wildman–Crippen LogP) is 2.13. The molecule has 1 aromatic carbocycles. The first-order valence-corrected chi connectivity index (χ1v) is 7.11. The summed E-state index contributed by atoms with van der Waals surface area (Å²) in [5.41, 5.74) is 1.18. The van der Waals surface area contributed by atoms with Crippen molar-refractivity contribution in [2.45, 2.75) is 39.2 Å². The average molecular weight is 288 g/mol. The van der Waals surface area contributed by atoms with Crippen LogP contribution < -0.4 is 0 Å². The van der Waals surface area contributed by atoms with E-state index in [0.29, 0.717) is 18.7 Å². The molecule has 0 aliphatic rings. The molecule has 6 nitrogen and oxygen atoms in total. The van der Waals surface area contributed by atoms with Crippen LogP contribution >= 0.6 is 0 Å². The number of nitrogens with zero attached hydrogens (tertiary/aromatic N) is 4. The number of benzene rings is 1. The maximum atomic E-state index is 11.4. The normalized spacial score (nSPS) is 12.5. The summed E-state index contributed by atoms with van der Waals surface area (Å²) >= 11 is 0. The zero-order valence-corrected chi connectivity index (χ0v) is 12.3. The molecule has 0 aliphatic heterocycles. The highest BCUT2D eigenvalue weighted by molar-refractivity contribution is 5.71. The van der Waals surface area contributed by atoms with Gasteiger partial charge in [-0.2, -0.15) is 0 Å². The fourth-order valence-electron chi connectivity index (χ4n) is 2.27. The monoisotopic (exact) mass is 288 g/mol. The van der Waals surface area contributed by atoms with Crippen LogP contribution in [0.5, 0.6) is 0 Å². The molecule has 1 heterocycles. The second-order valence-corrected chi connectivity index (χ2v) is 5.51. The largest absolute Gasteiger partial charge is 0.480 e. The van der Waals surface area contributed by atoms with Crippen molar-refractivity contribution in [3.05, 3.63) is 41.7 Å². The zero-order chi connectivity index (χ0) is 15.2. The minimum Gasteiger partial charge on any atom is -0.480 e. The summed E-state index contributed by atoms with van der Waals surface area (Å²) in [7, 11) is 0. The van der Waals surface area contributed by atoms with Crippen LogP contribution in [0.15, 0.2) is 30.3 Å². The summed E-state index contributed by atoms with van der Waals surface area (Å²) in [5.74, 6) is -0.0128. The third kappa shape index (κ3) is 4.11. The highest BCUT2D eigenvalue weighted by atomic mass is 16.4. The van der Waals surface area contributed by atoms with E-state index in [1.165, 1.54) is 10.2 Å². The molecule has 0 radical (unpaired) electrons. The molecule has 21 heavy (non-hydrogen) atoms. The molecule has 1 atom stereocenters. The van der Waals surface area contributed by atoms with Crippen LogP contribution in [0.2, 0.25) is 0 Å². The van der Waals surface area contributed by atoms with Gasteiger partial charge in [0.2, 0.25) is 0 Å². The summed E-state index contributed by atoms with van der Waals surface area (Å²) in [6, 6.07) is 9.31. The van der Waals surface area contributed by atoms with Crippen LogP contribution in [0.1, 0.15) is 37.7 Å². The number of aryl methyl sites for hydroxylation is 2. The number of hydrogen-bond donors (Lipinski definition) is 1. The van der Waals surface area contributed by atoms with Crippen LogP contribution in [0.25, 0.3) is 0 Å². The lowest BCUT2D eigenvalue weighted by atomic mass is 10.0. The second-order valence-electron chi connectivity index (χ2n) is 5.51. The molecule has 0 aliphatic carbocycles. The van der Waals surface area contributed by atoms with Gasteiger partial charge in [0.25, 0.3) is 0 Å². The van der Waals surface area contributed by atoms with Crippen LogP contribution in [0, 0.1) is 5.92 Å². The van der Waals surface area contributed by atoms with Crippen molar-refractivity contribution in [2.75, 3.05) is 0 Å². The Kier molecular flexibility index (Phi) is 5.03. The molecule has 0 spiro atoms. The van der Waals surface area contributed by atoms with Crippen molar-refractivity contribution >= 4 is 5.97 Å². The van der Waals surface area contributed by atoms with Crippen molar-refractivity contribution in [3.8, 4) is 0 Å². The third-order valence-corrected chi connectivity index (χ3v) is 3.32. The zero-order valence-electron chi connectivity index (χ0n) is 12.3. The van der Waals surface area contributed by atoms with Crippen LogP contribution in [-0.4, -0.2) is 31.3 Å². The molecule has 0 saturated carbocycles. The van der Waals surface area contributed by atoms with Gasteiger partial charge in [-0.1, -0.05) is 44.2 Å². The van der Waals surface area contributed by atoms with Gasteiger partial charge in [-0.15, -0.1) is 5.10 Å². The maximum absolute atomic E-state index is 11.4. The number of rotatable bonds is 7. The first-order valence-electron chi connectivity index (χ1n) is 7.11. The predicted molar refractivity (Wildman–Crippen MR) is 77.8 cm³/mol. The van der Waals surface area contributed by atoms with Gasteiger partial charge in [0.15, 0.2) is 11.9 Å². The summed E-state index contributed by atoms with van der Waals surface area (Å²) in [5, 5.41) is 20.9. The number of tetrazole rings is 1. The van der Waals surface area contributed by atoms with Crippen LogP contribution in [0.4, 0.5) is 0 Å². The summed E-state index contributed by atoms with van der Waals surface area (Å²) in [6.45, 7) is 3.98. The molecule has 0 fully saturated rings. The molecule has 112 valence electrons. The van der Waals surface area contributed by atoms with E-state index in [9.17, 15) is 9.90 Å². The maximum Gasteiger partial charge on any atom is 0.328 e. The quantitative estimate of drug-likeness (QED) is 0.844. The van der Waals surface area contributed by atoms with Crippen molar-refractivity contribution in [1.82, 2.24) is 20.2 Å². The first kappa shape index (κ1) is 15.2. The van der Waals surface area contributed by atoms with Gasteiger partial charge in [-0.05, 0) is 34.7 Å². The Morgan fingerprint density at radius 2 is 1.95 bits per heavy atom. The lowest BCUT2D eigenvalue weighted by Gasteiger charge is -2.16. The summed E-state index contributed by atoms with van der Waals surface area (Å²) in [6.07, 6.45) is 1.92. The highest BCUT2D eigenvalue weighted by Crippen LogP contribution is 2.18. The summed E-state index contributed by atoms with van der Waals surface area (Å²) < 4.78 is 1.45. The Bertz CT molecular complexity index is 580. The van der Waals surface area contributed by atoms with E-state index in [0.717, 1.165) is 6.42 Å². The Hall–Kier alpha value is -2.24. The number of aromatic nitrogens is 4. The Labute approximate surface area is 123 Å². The molecule has 2 aromatic rings. The van der Waals surface area contributed by atoms with Gasteiger partial charge in [0.05, 0.1) is 0 Å². The van der Waals surface area contributed by atoms with Crippen molar-refractivity contribution in [2.24, 2.45) is 5.92 Å². The standard InChI is InChI=1S/C15H20N4O2/c1-11(2)10-13(15(20)21)19-14(16-17-18-19)9-8-12-6-4-3-5-7-12/h3-7,11,13H,8-10H2,1-2H3,(H,20,21). The molecule has 1 aromatic heterocycles. The van der Waals surface area contributed by atoms with Crippen LogP contribution in [-0.2, 0) is 17.6 Å². The molecular weight excluding hydrogens is 268 g/mol. The molecule has 1 unspecified atom stereocenters. The lowest BCUT2D eigenvalue weighted by molar-refractivity contribution is -0.141. The SMILES string of the molecule is CC(C)CC(C(=O)O)n1nnnc1CCc1ccccc1. The van der Waals surface area contributed by atoms with Crippen molar-refractivity contribution in [3.63, 3.8) is 0 Å². The minimum absolute atomic E-state index is 0.261. The van der Waals surface area contributed by atoms with E-state index in [1.54, 1.807) is 0 Å². The summed E-state index contributed by atoms with van der Waals surface area (Å²) in [4.78, 5) is 11.4. The molecule has 2 rings (SSSR count). The number of hydrogen-bond acceptors (Lipinski definition) is 4. The minimum atomic E-state index is -0.892. The second kappa shape index (κ2) is 6.97. The van der Waals surface area contributed by atoms with E-state index < -0.39 is 12.0 Å². The van der Waals surface area contributed by atoms with Crippen molar-refractivity contribution in [1.29, 1.82) is 0 Å². The molecule has 6 heteroatoms. The van der Waals surface area contributed by atoms with Gasteiger partial charge >= 0.3 is 5.97 Å². The fourth-order valence-corrected chi connectivity index (χ4v) is 2.27. The van der Waals surface area contributed by atoms with Gasteiger partial charge in [0.1, 0.15) is 0 Å². The molecule has 0 saturated heterocycles. The fraction of sp³-hybridized carbons (Fsp3) is 0.467. The third-order valence-electron chi connectivity index (χ3n) is 3.32. The molecule has 1 N–H and O–H groups in total. The number of aliphatic carboxylic acids is 1. The van der Waals surface area contributed by atoms with E-state index in [1.807, 2.05) is 44.2 Å². The molecular formula is C15H20N4O2. The number of carboxylic acid groups (broad SMARTS) is 1. The lowest BCUT2D eigenvalue weighted by Crippen LogP contribution is -2.24. The number of carbonyl (C=O) groups is 1. The highest BCUT2D eigenvalue weighted by Gasteiger charge is 2.25. The van der Waals surface area contributed by atoms with E-state index >= 15 is 0 Å². The van der Waals surface area contributed by atoms with Gasteiger partial charge in [0, 0.05) is 6.42 Å². The Balaban J connectivity index is 2.11. The van der Waals surface area contributed by atoms with Gasteiger partial charge < -0.3 is 5.11 Å². The smallest absolute Gasteiger partial charge is 0.328 e. The van der Waals surface area contributed by atoms with E-state index in [2.05, 4.69) is 15.5 Å². The topological polar surface area (TPSA) is 80.9 Å². The Morgan fingerprint density at radius 1 is 1.24 bits per heavy atom. The van der Waals surface area contributed by atoms with E-state index in [4.69, 9.17) is 0 Å². The van der Waals surface area contributed by atoms with Gasteiger partial charge in [-0.3, -0.25) is 0 Å². The Morgan fingerprint density at radius 3 is 2.57 bits per heavy atom. The first-order chi connectivity index (χ1) is 10.1. The van der Waals surface area contributed by atoms with Gasteiger partial charge in [-0.25, -0.2) is 9.48 Å². The van der Waals surface area contributed by atoms with Crippen LogP contribution in [0.3, 0.4) is 0 Å². The average Bonchev–Trinajstić information content (AvgIpc) is 2.91. The van der Waals surface area contributed by atoms with E-state index in [-0.39, 0.29) is 5.92 Å². The molecule has 0 amide bonds.